The Labute approximate surface area is 119 Å². The van der Waals surface area contributed by atoms with E-state index in [1.807, 2.05) is 23.9 Å². The van der Waals surface area contributed by atoms with Gasteiger partial charge in [-0.3, -0.25) is 4.79 Å². The summed E-state index contributed by atoms with van der Waals surface area (Å²) in [7, 11) is 0. The Kier molecular flexibility index (Phi) is 5.73. The summed E-state index contributed by atoms with van der Waals surface area (Å²) < 4.78 is 0. The minimum Gasteiger partial charge on any atom is -0.326 e. The Morgan fingerprint density at radius 2 is 2.21 bits per heavy atom. The summed E-state index contributed by atoms with van der Waals surface area (Å²) in [4.78, 5) is 11.9. The first kappa shape index (κ1) is 14.4. The maximum Gasteiger partial charge on any atom is 0.225 e. The van der Waals surface area contributed by atoms with E-state index >= 15 is 0 Å². The molecule has 3 nitrogen and oxygen atoms in total. The first-order valence-corrected chi connectivity index (χ1v) is 8.28. The highest BCUT2D eigenvalue weighted by atomic mass is 32.2. The molecule has 1 aliphatic rings. The molecule has 2 N–H and O–H groups in total. The molecule has 1 fully saturated rings. The molecule has 0 aliphatic carbocycles. The summed E-state index contributed by atoms with van der Waals surface area (Å²) in [5, 5.41) is 6.31. The summed E-state index contributed by atoms with van der Waals surface area (Å²) in [5.74, 6) is 1.25. The molecule has 1 aliphatic heterocycles. The van der Waals surface area contributed by atoms with Gasteiger partial charge in [0.15, 0.2) is 0 Å². The molecule has 19 heavy (non-hydrogen) atoms. The van der Waals surface area contributed by atoms with Crippen molar-refractivity contribution >= 4 is 23.4 Å². The first-order chi connectivity index (χ1) is 9.28. The topological polar surface area (TPSA) is 41.1 Å². The second kappa shape index (κ2) is 7.56. The molecular weight excluding hydrogens is 256 g/mol. The fraction of sp³-hybridized carbons (Fsp3) is 0.533. The molecule has 1 saturated heterocycles. The monoisotopic (exact) mass is 278 g/mol. The molecular formula is C15H22N2OS. The van der Waals surface area contributed by atoms with Crippen LogP contribution < -0.4 is 10.6 Å². The Morgan fingerprint density at radius 1 is 1.42 bits per heavy atom. The van der Waals surface area contributed by atoms with E-state index in [0.29, 0.717) is 12.5 Å². The minimum absolute atomic E-state index is 0.108. The number of thioether (sulfide) groups is 1. The zero-order valence-electron chi connectivity index (χ0n) is 11.4. The van der Waals surface area contributed by atoms with Crippen LogP contribution in [-0.4, -0.2) is 30.5 Å². The molecule has 0 spiro atoms. The second-order valence-corrected chi connectivity index (χ2v) is 5.97. The average molecular weight is 278 g/mol. The molecule has 104 valence electrons. The van der Waals surface area contributed by atoms with Gasteiger partial charge in [-0.1, -0.05) is 12.1 Å². The Balaban J connectivity index is 1.79. The highest BCUT2D eigenvalue weighted by Crippen LogP contribution is 2.14. The molecule has 1 amide bonds. The van der Waals surface area contributed by atoms with Crippen molar-refractivity contribution in [2.75, 3.05) is 23.9 Å². The molecule has 4 heteroatoms. The van der Waals surface area contributed by atoms with Crippen molar-refractivity contribution in [3.63, 3.8) is 0 Å². The lowest BCUT2D eigenvalue weighted by atomic mass is 10.1. The van der Waals surface area contributed by atoms with Crippen molar-refractivity contribution < 1.29 is 4.79 Å². The second-order valence-electron chi connectivity index (χ2n) is 4.99. The Bertz CT molecular complexity index is 399. The molecule has 1 heterocycles. The van der Waals surface area contributed by atoms with E-state index in [-0.39, 0.29) is 5.91 Å². The average Bonchev–Trinajstić information content (AvgIpc) is 2.90. The normalized spacial score (nSPS) is 18.5. The highest BCUT2D eigenvalue weighted by molar-refractivity contribution is 7.98. The van der Waals surface area contributed by atoms with Gasteiger partial charge < -0.3 is 10.6 Å². The van der Waals surface area contributed by atoms with Crippen LogP contribution in [0.5, 0.6) is 0 Å². The van der Waals surface area contributed by atoms with Gasteiger partial charge in [0.2, 0.25) is 5.91 Å². The van der Waals surface area contributed by atoms with Gasteiger partial charge in [-0.25, -0.2) is 0 Å². The van der Waals surface area contributed by atoms with Crippen LogP contribution in [0.3, 0.4) is 0 Å². The van der Waals surface area contributed by atoms with Crippen LogP contribution in [0.1, 0.15) is 24.8 Å². The largest absolute Gasteiger partial charge is 0.326 e. The molecule has 0 saturated carbocycles. The lowest BCUT2D eigenvalue weighted by Gasteiger charge is -2.10. The molecule has 1 aromatic rings. The predicted molar refractivity (Wildman–Crippen MR) is 82.8 cm³/mol. The van der Waals surface area contributed by atoms with E-state index in [0.717, 1.165) is 30.8 Å². The SMILES string of the molecule is CSCCc1ccc(NC(=O)CC2CCCN2)cc1. The van der Waals surface area contributed by atoms with Gasteiger partial charge in [0.1, 0.15) is 0 Å². The number of rotatable bonds is 6. The molecule has 2 rings (SSSR count). The lowest BCUT2D eigenvalue weighted by Crippen LogP contribution is -2.27. The van der Waals surface area contributed by atoms with E-state index < -0.39 is 0 Å². The van der Waals surface area contributed by atoms with Crippen molar-refractivity contribution in [2.24, 2.45) is 0 Å². The molecule has 0 radical (unpaired) electrons. The molecule has 1 atom stereocenters. The van der Waals surface area contributed by atoms with Gasteiger partial charge in [0.05, 0.1) is 0 Å². The first-order valence-electron chi connectivity index (χ1n) is 6.89. The number of carbonyl (C=O) groups excluding carboxylic acids is 1. The lowest BCUT2D eigenvalue weighted by molar-refractivity contribution is -0.116. The van der Waals surface area contributed by atoms with Crippen molar-refractivity contribution in [1.29, 1.82) is 0 Å². The molecule has 1 unspecified atom stereocenters. The van der Waals surface area contributed by atoms with Gasteiger partial charge in [-0.05, 0) is 55.5 Å². The van der Waals surface area contributed by atoms with Crippen molar-refractivity contribution in [1.82, 2.24) is 5.32 Å². The fourth-order valence-electron chi connectivity index (χ4n) is 2.34. The number of nitrogens with one attached hydrogen (secondary N) is 2. The maximum atomic E-state index is 11.9. The molecule has 0 aromatic heterocycles. The van der Waals surface area contributed by atoms with Gasteiger partial charge in [-0.15, -0.1) is 0 Å². The zero-order chi connectivity index (χ0) is 13.5. The van der Waals surface area contributed by atoms with Crippen molar-refractivity contribution in [3.8, 4) is 0 Å². The third kappa shape index (κ3) is 4.88. The molecule has 1 aromatic carbocycles. The van der Waals surface area contributed by atoms with Gasteiger partial charge in [-0.2, -0.15) is 11.8 Å². The summed E-state index contributed by atoms with van der Waals surface area (Å²) in [5.41, 5.74) is 2.22. The Morgan fingerprint density at radius 3 is 2.84 bits per heavy atom. The number of carbonyl (C=O) groups is 1. The third-order valence-corrected chi connectivity index (χ3v) is 4.04. The minimum atomic E-state index is 0.108. The fourth-order valence-corrected chi connectivity index (χ4v) is 2.78. The van der Waals surface area contributed by atoms with Crippen LogP contribution in [0.2, 0.25) is 0 Å². The van der Waals surface area contributed by atoms with Crippen LogP contribution in [0.4, 0.5) is 5.69 Å². The van der Waals surface area contributed by atoms with Crippen LogP contribution in [0.15, 0.2) is 24.3 Å². The zero-order valence-corrected chi connectivity index (χ0v) is 12.3. The van der Waals surface area contributed by atoms with Crippen LogP contribution in [-0.2, 0) is 11.2 Å². The number of amides is 1. The van der Waals surface area contributed by atoms with Crippen molar-refractivity contribution in [3.05, 3.63) is 29.8 Å². The number of benzene rings is 1. The number of aryl methyl sites for hydroxylation is 1. The van der Waals surface area contributed by atoms with E-state index in [2.05, 4.69) is 29.0 Å². The summed E-state index contributed by atoms with van der Waals surface area (Å²) in [6, 6.07) is 8.55. The number of hydrogen-bond acceptors (Lipinski definition) is 3. The van der Waals surface area contributed by atoms with Crippen LogP contribution in [0.25, 0.3) is 0 Å². The Hall–Kier alpha value is -1.00. The summed E-state index contributed by atoms with van der Waals surface area (Å²) in [6.07, 6.45) is 6.07. The predicted octanol–water partition coefficient (Wildman–Crippen LogP) is 2.67. The van der Waals surface area contributed by atoms with E-state index in [1.54, 1.807) is 0 Å². The van der Waals surface area contributed by atoms with Crippen molar-refractivity contribution in [2.45, 2.75) is 31.7 Å². The quantitative estimate of drug-likeness (QED) is 0.840. The van der Waals surface area contributed by atoms with Gasteiger partial charge >= 0.3 is 0 Å². The summed E-state index contributed by atoms with van der Waals surface area (Å²) >= 11 is 1.85. The summed E-state index contributed by atoms with van der Waals surface area (Å²) in [6.45, 7) is 1.04. The number of anilines is 1. The smallest absolute Gasteiger partial charge is 0.225 e. The van der Waals surface area contributed by atoms with Crippen LogP contribution >= 0.6 is 11.8 Å². The highest BCUT2D eigenvalue weighted by Gasteiger charge is 2.17. The van der Waals surface area contributed by atoms with Crippen LogP contribution in [0, 0.1) is 0 Å². The standard InChI is InChI=1S/C15H22N2OS/c1-19-10-8-12-4-6-13(7-5-12)17-15(18)11-14-3-2-9-16-14/h4-7,14,16H,2-3,8-11H2,1H3,(H,17,18). The third-order valence-electron chi connectivity index (χ3n) is 3.43. The van der Waals surface area contributed by atoms with E-state index in [1.165, 1.54) is 12.0 Å². The van der Waals surface area contributed by atoms with E-state index in [4.69, 9.17) is 0 Å². The molecule has 0 bridgehead atoms. The van der Waals surface area contributed by atoms with Gasteiger partial charge in [0.25, 0.3) is 0 Å². The maximum absolute atomic E-state index is 11.9. The number of hydrogen-bond donors (Lipinski definition) is 2. The van der Waals surface area contributed by atoms with Gasteiger partial charge in [0, 0.05) is 18.2 Å². The van der Waals surface area contributed by atoms with E-state index in [9.17, 15) is 4.79 Å².